The number of rotatable bonds is 26. The van der Waals surface area contributed by atoms with Crippen LogP contribution in [0.15, 0.2) is 0 Å². The van der Waals surface area contributed by atoms with Crippen molar-refractivity contribution in [2.45, 2.75) is 72.0 Å². The lowest BCUT2D eigenvalue weighted by Gasteiger charge is -2.70. The summed E-state index contributed by atoms with van der Waals surface area (Å²) in [4.78, 5) is 23.1. The van der Waals surface area contributed by atoms with Crippen LogP contribution in [0.3, 0.4) is 0 Å². The maximum absolute atomic E-state index is 11.5. The van der Waals surface area contributed by atoms with Gasteiger partial charge in [0.25, 0.3) is 0 Å². The zero-order chi connectivity index (χ0) is 31.7. The van der Waals surface area contributed by atoms with Gasteiger partial charge in [0.05, 0.1) is 92.5 Å². The van der Waals surface area contributed by atoms with Crippen molar-refractivity contribution in [3.63, 3.8) is 0 Å². The van der Waals surface area contributed by atoms with Crippen molar-refractivity contribution < 1.29 is 57.0 Å². The molecule has 0 aromatic carbocycles. The molecule has 2 bridgehead atoms. The van der Waals surface area contributed by atoms with E-state index >= 15 is 0 Å². The van der Waals surface area contributed by atoms with E-state index in [1.165, 1.54) is 0 Å². The highest BCUT2D eigenvalue weighted by atomic mass is 16.6. The smallest absolute Gasteiger partial charge is 0.332 e. The summed E-state index contributed by atoms with van der Waals surface area (Å²) < 4.78 is 54.5. The monoisotopic (exact) mass is 620 g/mol. The summed E-state index contributed by atoms with van der Waals surface area (Å²) in [6, 6.07) is 0. The van der Waals surface area contributed by atoms with Crippen LogP contribution in [-0.2, 0) is 57.0 Å². The van der Waals surface area contributed by atoms with E-state index in [4.69, 9.17) is 47.4 Å². The summed E-state index contributed by atoms with van der Waals surface area (Å²) in [5.41, 5.74) is -0.352. The predicted molar refractivity (Wildman–Crippen MR) is 157 cm³/mol. The fourth-order valence-electron chi connectivity index (χ4n) is 5.28. The van der Waals surface area contributed by atoms with Gasteiger partial charge in [-0.2, -0.15) is 0 Å². The fraction of sp³-hybridized carbons (Fsp3) is 0.935. The molecule has 12 heteroatoms. The Balaban J connectivity index is 1.27. The quantitative estimate of drug-likeness (QED) is 0.104. The van der Waals surface area contributed by atoms with Crippen LogP contribution in [0.5, 0.6) is 0 Å². The molecule has 3 saturated carbocycles. The third-order valence-corrected chi connectivity index (χ3v) is 6.58. The zero-order valence-electron chi connectivity index (χ0n) is 27.3. The van der Waals surface area contributed by atoms with Crippen LogP contribution in [0.4, 0.5) is 0 Å². The number of carbonyl (C=O) groups excluding carboxylic acids is 2. The minimum Gasteiger partial charge on any atom is -0.458 e. The molecule has 0 atom stereocenters. The molecule has 252 valence electrons. The lowest BCUT2D eigenvalue weighted by molar-refractivity contribution is -0.254. The first-order valence-electron chi connectivity index (χ1n) is 15.4. The first-order chi connectivity index (χ1) is 20.3. The molecule has 3 fully saturated rings. The maximum atomic E-state index is 11.5. The Kier molecular flexibility index (Phi) is 16.9. The van der Waals surface area contributed by atoms with Crippen LogP contribution >= 0.6 is 0 Å². The van der Waals surface area contributed by atoms with Gasteiger partial charge in [-0.25, -0.2) is 9.59 Å². The van der Waals surface area contributed by atoms with Gasteiger partial charge in [-0.15, -0.1) is 0 Å². The first-order valence-corrected chi connectivity index (χ1v) is 15.4. The van der Waals surface area contributed by atoms with E-state index in [1.54, 1.807) is 0 Å². The van der Waals surface area contributed by atoms with Crippen molar-refractivity contribution >= 4 is 11.9 Å². The Bertz CT molecular complexity index is 707. The summed E-state index contributed by atoms with van der Waals surface area (Å²) in [6.45, 7) is 17.9. The van der Waals surface area contributed by atoms with Gasteiger partial charge >= 0.3 is 11.9 Å². The summed E-state index contributed by atoms with van der Waals surface area (Å²) >= 11 is 0. The highest BCUT2D eigenvalue weighted by Gasteiger charge is 2.67. The van der Waals surface area contributed by atoms with Crippen molar-refractivity contribution in [2.75, 3.05) is 106 Å². The maximum Gasteiger partial charge on any atom is 0.332 e. The SMILES string of the molecule is CC(C)(C)OC(=O)COCCOCCOCCOCC12CC(COCCOCCOCCOCC(=O)OC(C)(C)C)(C1)C2. The third-order valence-electron chi connectivity index (χ3n) is 6.58. The van der Waals surface area contributed by atoms with Gasteiger partial charge in [0.15, 0.2) is 0 Å². The average Bonchev–Trinajstić information content (AvgIpc) is 2.84. The normalized spacial score (nSPS) is 21.3. The molecule has 0 saturated heterocycles. The van der Waals surface area contributed by atoms with E-state index in [-0.39, 0.29) is 25.2 Å². The van der Waals surface area contributed by atoms with Crippen molar-refractivity contribution in [3.8, 4) is 0 Å². The van der Waals surface area contributed by atoms with Gasteiger partial charge < -0.3 is 47.4 Å². The Hall–Kier alpha value is -1.38. The Morgan fingerprint density at radius 3 is 0.977 bits per heavy atom. The number of ether oxygens (including phenoxy) is 10. The second-order valence-electron chi connectivity index (χ2n) is 13.4. The number of hydrogen-bond donors (Lipinski definition) is 0. The standard InChI is InChI=1S/C31H56O12/c1-28(2,3)42-26(32)19-38-15-11-34-7-9-36-13-17-40-24-30-21-31(22-30,23-30)25-41-18-14-37-10-8-35-12-16-39-20-27(33)43-29(4,5)6/h7-25H2,1-6H3. The Morgan fingerprint density at radius 2 is 0.698 bits per heavy atom. The van der Waals surface area contributed by atoms with Crippen molar-refractivity contribution in [3.05, 3.63) is 0 Å². The van der Waals surface area contributed by atoms with Gasteiger partial charge in [-0.1, -0.05) is 0 Å². The topological polar surface area (TPSA) is 126 Å². The van der Waals surface area contributed by atoms with Gasteiger partial charge in [-0.3, -0.25) is 0 Å². The lowest BCUT2D eigenvalue weighted by atomic mass is 9.35. The molecule has 0 aromatic rings. The molecule has 12 nitrogen and oxygen atoms in total. The number of hydrogen-bond acceptors (Lipinski definition) is 12. The third kappa shape index (κ3) is 17.6. The van der Waals surface area contributed by atoms with Gasteiger partial charge in [-0.05, 0) is 71.6 Å². The molecular weight excluding hydrogens is 564 g/mol. The molecule has 0 radical (unpaired) electrons. The molecule has 43 heavy (non-hydrogen) atoms. The molecule has 0 aliphatic heterocycles. The van der Waals surface area contributed by atoms with E-state index in [1.807, 2.05) is 41.5 Å². The predicted octanol–water partition coefficient (Wildman–Crippen LogP) is 2.97. The molecule has 3 aliphatic carbocycles. The van der Waals surface area contributed by atoms with Crippen LogP contribution in [0.1, 0.15) is 60.8 Å². The van der Waals surface area contributed by atoms with Gasteiger partial charge in [0.1, 0.15) is 24.4 Å². The molecule has 0 unspecified atom stereocenters. The van der Waals surface area contributed by atoms with Crippen LogP contribution in [0.2, 0.25) is 0 Å². The molecular formula is C31H56O12. The highest BCUT2D eigenvalue weighted by molar-refractivity contribution is 5.71. The van der Waals surface area contributed by atoms with Crippen molar-refractivity contribution in [1.82, 2.24) is 0 Å². The summed E-state index contributed by atoms with van der Waals surface area (Å²) in [5, 5.41) is 0. The highest BCUT2D eigenvalue weighted by Crippen LogP contribution is 2.73. The van der Waals surface area contributed by atoms with E-state index in [9.17, 15) is 9.59 Å². The van der Waals surface area contributed by atoms with Crippen molar-refractivity contribution in [1.29, 1.82) is 0 Å². The largest absolute Gasteiger partial charge is 0.458 e. The van der Waals surface area contributed by atoms with E-state index in [0.29, 0.717) is 90.1 Å². The van der Waals surface area contributed by atoms with Crippen LogP contribution in [0.25, 0.3) is 0 Å². The zero-order valence-corrected chi connectivity index (χ0v) is 27.3. The second-order valence-corrected chi connectivity index (χ2v) is 13.4. The molecule has 0 N–H and O–H groups in total. The first kappa shape index (κ1) is 37.8. The minimum absolute atomic E-state index is 0.0736. The second kappa shape index (κ2) is 19.2. The summed E-state index contributed by atoms with van der Waals surface area (Å²) in [5.74, 6) is -0.755. The average molecular weight is 621 g/mol. The lowest BCUT2D eigenvalue weighted by Crippen LogP contribution is -2.65. The Labute approximate surface area is 257 Å². The minimum atomic E-state index is -0.506. The van der Waals surface area contributed by atoms with Gasteiger partial charge in [0.2, 0.25) is 0 Å². The molecule has 3 rings (SSSR count). The van der Waals surface area contributed by atoms with E-state index in [2.05, 4.69) is 0 Å². The number of carbonyl (C=O) groups is 2. The van der Waals surface area contributed by atoms with E-state index in [0.717, 1.165) is 32.5 Å². The summed E-state index contributed by atoms with van der Waals surface area (Å²) in [7, 11) is 0. The van der Waals surface area contributed by atoms with Crippen LogP contribution in [-0.4, -0.2) is 129 Å². The van der Waals surface area contributed by atoms with Crippen LogP contribution < -0.4 is 0 Å². The van der Waals surface area contributed by atoms with Gasteiger partial charge in [0, 0.05) is 0 Å². The summed E-state index contributed by atoms with van der Waals surface area (Å²) in [6.07, 6.45) is 3.49. The fourth-order valence-corrected chi connectivity index (χ4v) is 5.28. The molecule has 0 aromatic heterocycles. The number of esters is 2. The molecule has 0 amide bonds. The molecule has 3 aliphatic rings. The van der Waals surface area contributed by atoms with Crippen molar-refractivity contribution in [2.24, 2.45) is 10.8 Å². The molecule has 0 spiro atoms. The van der Waals surface area contributed by atoms with Crippen LogP contribution in [0, 0.1) is 10.8 Å². The molecule has 0 heterocycles. The van der Waals surface area contributed by atoms with E-state index < -0.39 is 11.2 Å². The Morgan fingerprint density at radius 1 is 0.442 bits per heavy atom.